The number of ether oxygens (including phenoxy) is 1. The summed E-state index contributed by atoms with van der Waals surface area (Å²) < 4.78 is 71.2. The van der Waals surface area contributed by atoms with Gasteiger partial charge in [-0.2, -0.15) is 18.4 Å². The van der Waals surface area contributed by atoms with Crippen molar-refractivity contribution in [1.82, 2.24) is 4.31 Å². The Bertz CT molecular complexity index is 914. The van der Waals surface area contributed by atoms with Gasteiger partial charge in [-0.1, -0.05) is 0 Å². The first-order valence-electron chi connectivity index (χ1n) is 9.39. The van der Waals surface area contributed by atoms with Crippen LogP contribution in [0.4, 0.5) is 18.9 Å². The van der Waals surface area contributed by atoms with Crippen molar-refractivity contribution in [3.05, 3.63) is 29.3 Å². The van der Waals surface area contributed by atoms with Gasteiger partial charge in [0.15, 0.2) is 0 Å². The van der Waals surface area contributed by atoms with E-state index >= 15 is 0 Å². The van der Waals surface area contributed by atoms with Crippen molar-refractivity contribution in [2.75, 3.05) is 50.5 Å². The van der Waals surface area contributed by atoms with Gasteiger partial charge < -0.3 is 9.64 Å². The fourth-order valence-corrected chi connectivity index (χ4v) is 5.27. The normalized spacial score (nSPS) is 25.7. The van der Waals surface area contributed by atoms with E-state index in [4.69, 9.17) is 10.00 Å². The van der Waals surface area contributed by atoms with Gasteiger partial charge in [-0.15, -0.1) is 0 Å². The number of benzene rings is 1. The van der Waals surface area contributed by atoms with E-state index in [2.05, 4.69) is 0 Å². The number of hydrogen-bond donors (Lipinski definition) is 0. The van der Waals surface area contributed by atoms with Crippen LogP contribution in [0, 0.1) is 22.7 Å². The van der Waals surface area contributed by atoms with Crippen LogP contribution in [0.2, 0.25) is 0 Å². The average molecular weight is 431 g/mol. The lowest BCUT2D eigenvalue weighted by molar-refractivity contribution is -0.137. The predicted octanol–water partition coefficient (Wildman–Crippen LogP) is 2.70. The van der Waals surface area contributed by atoms with Crippen molar-refractivity contribution in [3.8, 4) is 6.07 Å². The highest BCUT2D eigenvalue weighted by atomic mass is 32.2. The zero-order valence-corrected chi connectivity index (χ0v) is 17.2. The molecule has 0 saturated carbocycles. The summed E-state index contributed by atoms with van der Waals surface area (Å²) in [4.78, 5) is 1.84. The Kier molecular flexibility index (Phi) is 5.87. The molecule has 2 fully saturated rings. The quantitative estimate of drug-likeness (QED) is 0.717. The van der Waals surface area contributed by atoms with Crippen LogP contribution in [0.1, 0.15) is 24.5 Å². The van der Waals surface area contributed by atoms with Crippen LogP contribution < -0.4 is 4.90 Å². The standard InChI is InChI=1S/C19H24F3N3O3S/c1-3-28-13-18-6-7-24(10-15(18)11-25(12-18)29(2,26)27)16-5-4-14(9-23)17(8-16)19(20,21)22/h4-5,8,15H,3,6-7,10-13H2,1-2H3/t15-,18+/m1/s1. The molecule has 160 valence electrons. The lowest BCUT2D eigenvalue weighted by Crippen LogP contribution is -2.49. The van der Waals surface area contributed by atoms with Crippen molar-refractivity contribution in [2.45, 2.75) is 19.5 Å². The molecule has 2 aliphatic rings. The Morgan fingerprint density at radius 2 is 2.07 bits per heavy atom. The SMILES string of the molecule is CCOC[C@@]12CCN(c3ccc(C#N)c(C(F)(F)F)c3)C[C@@H]1CN(S(C)(=O)=O)C2. The molecule has 2 heterocycles. The van der Waals surface area contributed by atoms with E-state index in [0.29, 0.717) is 51.5 Å². The molecule has 10 heteroatoms. The molecule has 0 amide bonds. The molecule has 29 heavy (non-hydrogen) atoms. The van der Waals surface area contributed by atoms with Gasteiger partial charge in [-0.3, -0.25) is 0 Å². The third-order valence-electron chi connectivity index (χ3n) is 5.96. The van der Waals surface area contributed by atoms with Crippen LogP contribution in [0.25, 0.3) is 0 Å². The Hall–Kier alpha value is -1.83. The Labute approximate surface area is 168 Å². The second-order valence-corrected chi connectivity index (χ2v) is 9.77. The maximum Gasteiger partial charge on any atom is 0.417 e. The average Bonchev–Trinajstić information content (AvgIpc) is 3.04. The monoisotopic (exact) mass is 431 g/mol. The number of alkyl halides is 3. The first-order chi connectivity index (χ1) is 13.5. The maximum absolute atomic E-state index is 13.3. The van der Waals surface area contributed by atoms with Gasteiger partial charge in [0.05, 0.1) is 30.1 Å². The van der Waals surface area contributed by atoms with Crippen LogP contribution in [-0.2, 0) is 20.9 Å². The van der Waals surface area contributed by atoms with Gasteiger partial charge >= 0.3 is 6.18 Å². The third-order valence-corrected chi connectivity index (χ3v) is 7.17. The van der Waals surface area contributed by atoms with Gasteiger partial charge in [0, 0.05) is 43.9 Å². The minimum absolute atomic E-state index is 0.0532. The molecule has 6 nitrogen and oxygen atoms in total. The minimum atomic E-state index is -4.62. The lowest BCUT2D eigenvalue weighted by atomic mass is 9.73. The van der Waals surface area contributed by atoms with Crippen molar-refractivity contribution < 1.29 is 26.3 Å². The van der Waals surface area contributed by atoms with Crippen LogP contribution in [-0.4, -0.2) is 58.4 Å². The molecule has 1 aromatic carbocycles. The van der Waals surface area contributed by atoms with Crippen LogP contribution in [0.15, 0.2) is 18.2 Å². The van der Waals surface area contributed by atoms with Crippen molar-refractivity contribution in [1.29, 1.82) is 5.26 Å². The number of rotatable bonds is 5. The number of anilines is 1. The summed E-state index contributed by atoms with van der Waals surface area (Å²) in [6, 6.07) is 5.32. The number of piperidine rings is 1. The first-order valence-corrected chi connectivity index (χ1v) is 11.2. The van der Waals surface area contributed by atoms with E-state index in [9.17, 15) is 21.6 Å². The first kappa shape index (κ1) is 21.9. The molecule has 0 radical (unpaired) electrons. The number of nitriles is 1. The highest BCUT2D eigenvalue weighted by molar-refractivity contribution is 7.88. The molecule has 0 N–H and O–H groups in total. The van der Waals surface area contributed by atoms with Crippen molar-refractivity contribution >= 4 is 15.7 Å². The summed E-state index contributed by atoms with van der Waals surface area (Å²) >= 11 is 0. The Balaban J connectivity index is 1.89. The van der Waals surface area contributed by atoms with E-state index in [1.54, 1.807) is 6.07 Å². The van der Waals surface area contributed by atoms with E-state index in [-0.39, 0.29) is 11.3 Å². The molecule has 1 aromatic rings. The van der Waals surface area contributed by atoms with Crippen LogP contribution >= 0.6 is 0 Å². The Morgan fingerprint density at radius 1 is 1.34 bits per heavy atom. The van der Waals surface area contributed by atoms with Gasteiger partial charge in [0.1, 0.15) is 0 Å². The third kappa shape index (κ3) is 4.37. The van der Waals surface area contributed by atoms with E-state index < -0.39 is 27.3 Å². The molecule has 0 aliphatic carbocycles. The van der Waals surface area contributed by atoms with Gasteiger partial charge in [-0.05, 0) is 37.5 Å². The number of sulfonamides is 1. The van der Waals surface area contributed by atoms with E-state index in [0.717, 1.165) is 6.07 Å². The topological polar surface area (TPSA) is 73.6 Å². The molecule has 0 aromatic heterocycles. The van der Waals surface area contributed by atoms with Crippen molar-refractivity contribution in [2.24, 2.45) is 11.3 Å². The molecular weight excluding hydrogens is 407 g/mol. The predicted molar refractivity (Wildman–Crippen MR) is 102 cm³/mol. The van der Waals surface area contributed by atoms with Crippen LogP contribution in [0.3, 0.4) is 0 Å². The molecular formula is C19H24F3N3O3S. The number of nitrogens with zero attached hydrogens (tertiary/aromatic N) is 3. The lowest BCUT2D eigenvalue weighted by Gasteiger charge is -2.44. The summed E-state index contributed by atoms with van der Waals surface area (Å²) in [5, 5.41) is 8.99. The number of halogens is 3. The summed E-state index contributed by atoms with van der Waals surface area (Å²) in [6.07, 6.45) is -2.83. The van der Waals surface area contributed by atoms with Gasteiger partial charge in [-0.25, -0.2) is 12.7 Å². The molecule has 2 atom stereocenters. The van der Waals surface area contributed by atoms with Crippen molar-refractivity contribution in [3.63, 3.8) is 0 Å². The summed E-state index contributed by atoms with van der Waals surface area (Å²) in [5.74, 6) is -0.0532. The number of hydrogen-bond acceptors (Lipinski definition) is 5. The van der Waals surface area contributed by atoms with Gasteiger partial charge in [0.25, 0.3) is 0 Å². The molecule has 0 unspecified atom stereocenters. The Morgan fingerprint density at radius 3 is 2.66 bits per heavy atom. The molecule has 2 saturated heterocycles. The van der Waals surface area contributed by atoms with E-state index in [1.165, 1.54) is 22.7 Å². The fraction of sp³-hybridized carbons (Fsp3) is 0.632. The smallest absolute Gasteiger partial charge is 0.381 e. The minimum Gasteiger partial charge on any atom is -0.381 e. The second-order valence-electron chi connectivity index (χ2n) is 7.79. The van der Waals surface area contributed by atoms with Gasteiger partial charge in [0.2, 0.25) is 10.0 Å². The fourth-order valence-electron chi connectivity index (χ4n) is 4.32. The second kappa shape index (κ2) is 7.78. The molecule has 3 rings (SSSR count). The summed E-state index contributed by atoms with van der Waals surface area (Å²) in [5.41, 5.74) is -1.31. The zero-order valence-electron chi connectivity index (χ0n) is 16.4. The summed E-state index contributed by atoms with van der Waals surface area (Å²) in [6.45, 7) is 4.43. The zero-order chi connectivity index (χ0) is 21.4. The molecule has 2 aliphatic heterocycles. The largest absolute Gasteiger partial charge is 0.417 e. The molecule has 0 spiro atoms. The highest BCUT2D eigenvalue weighted by Crippen LogP contribution is 2.45. The maximum atomic E-state index is 13.3. The molecule has 0 bridgehead atoms. The van der Waals surface area contributed by atoms with E-state index in [1.807, 2.05) is 11.8 Å². The van der Waals surface area contributed by atoms with Crippen LogP contribution in [0.5, 0.6) is 0 Å². The highest BCUT2D eigenvalue weighted by Gasteiger charge is 2.51. The number of fused-ring (bicyclic) bond motifs is 1. The summed E-state index contributed by atoms with van der Waals surface area (Å²) in [7, 11) is -3.37.